The first-order chi connectivity index (χ1) is 5.29. The van der Waals surface area contributed by atoms with Gasteiger partial charge < -0.3 is 10.2 Å². The quantitative estimate of drug-likeness (QED) is 0.460. The molecular weight excluding hydrogens is 144 g/mol. The Bertz CT molecular complexity index is 162. The van der Waals surface area contributed by atoms with E-state index >= 15 is 0 Å². The maximum atomic E-state index is 10.4. The smallest absolute Gasteiger partial charge is 0.172 e. The molecule has 1 saturated heterocycles. The zero-order valence-electron chi connectivity index (χ0n) is 6.54. The summed E-state index contributed by atoms with van der Waals surface area (Å²) in [6.45, 7) is 2.94. The van der Waals surface area contributed by atoms with Crippen LogP contribution < -0.4 is 5.43 Å². The SMILES string of the molecule is CC(=O)/C=N/NC1CCOC1. The number of carbonyl (C=O) groups excluding carboxylic acids is 1. The van der Waals surface area contributed by atoms with Crippen molar-refractivity contribution in [1.29, 1.82) is 0 Å². The lowest BCUT2D eigenvalue weighted by molar-refractivity contribution is -0.110. The molecule has 62 valence electrons. The van der Waals surface area contributed by atoms with Gasteiger partial charge >= 0.3 is 0 Å². The Kier molecular flexibility index (Phi) is 3.04. The van der Waals surface area contributed by atoms with Crippen LogP contribution in [0.15, 0.2) is 5.10 Å². The van der Waals surface area contributed by atoms with Crippen molar-refractivity contribution in [2.75, 3.05) is 13.2 Å². The highest BCUT2D eigenvalue weighted by Crippen LogP contribution is 2.02. The number of nitrogens with one attached hydrogen (secondary N) is 1. The van der Waals surface area contributed by atoms with E-state index in [4.69, 9.17) is 4.74 Å². The molecule has 0 saturated carbocycles. The van der Waals surface area contributed by atoms with Crippen molar-refractivity contribution in [1.82, 2.24) is 5.43 Å². The fourth-order valence-corrected chi connectivity index (χ4v) is 0.870. The topological polar surface area (TPSA) is 50.7 Å². The van der Waals surface area contributed by atoms with Gasteiger partial charge in [-0.2, -0.15) is 5.10 Å². The number of hydrogen-bond acceptors (Lipinski definition) is 4. The minimum atomic E-state index is -0.0450. The summed E-state index contributed by atoms with van der Waals surface area (Å²) in [5.41, 5.74) is 2.84. The van der Waals surface area contributed by atoms with Gasteiger partial charge in [0.05, 0.1) is 18.9 Å². The van der Waals surface area contributed by atoms with Crippen LogP contribution in [0.4, 0.5) is 0 Å². The molecule has 1 heterocycles. The number of carbonyl (C=O) groups is 1. The maximum absolute atomic E-state index is 10.4. The predicted molar refractivity (Wildman–Crippen MR) is 41.5 cm³/mol. The Morgan fingerprint density at radius 3 is 3.18 bits per heavy atom. The van der Waals surface area contributed by atoms with E-state index in [-0.39, 0.29) is 11.8 Å². The van der Waals surface area contributed by atoms with Gasteiger partial charge in [0, 0.05) is 13.5 Å². The minimum absolute atomic E-state index is 0.0450. The minimum Gasteiger partial charge on any atom is -0.379 e. The van der Waals surface area contributed by atoms with Crippen LogP contribution in [-0.2, 0) is 9.53 Å². The van der Waals surface area contributed by atoms with Crippen LogP contribution in [0.5, 0.6) is 0 Å². The lowest BCUT2D eigenvalue weighted by Gasteiger charge is -2.04. The number of ether oxygens (including phenoxy) is 1. The van der Waals surface area contributed by atoms with Crippen molar-refractivity contribution in [2.24, 2.45) is 5.10 Å². The molecular formula is C7H12N2O2. The van der Waals surface area contributed by atoms with E-state index < -0.39 is 0 Å². The molecule has 4 heteroatoms. The zero-order valence-corrected chi connectivity index (χ0v) is 6.54. The summed E-state index contributed by atoms with van der Waals surface area (Å²) in [4.78, 5) is 10.4. The van der Waals surface area contributed by atoms with E-state index in [9.17, 15) is 4.79 Å². The molecule has 0 aliphatic carbocycles. The van der Waals surface area contributed by atoms with Crippen molar-refractivity contribution < 1.29 is 9.53 Å². The molecule has 0 aromatic heterocycles. The van der Waals surface area contributed by atoms with E-state index in [1.165, 1.54) is 13.1 Å². The van der Waals surface area contributed by atoms with Crippen LogP contribution in [0.2, 0.25) is 0 Å². The lowest BCUT2D eigenvalue weighted by atomic mass is 10.3. The molecule has 1 aliphatic heterocycles. The maximum Gasteiger partial charge on any atom is 0.172 e. The van der Waals surface area contributed by atoms with E-state index in [0.717, 1.165) is 13.0 Å². The fraction of sp³-hybridized carbons (Fsp3) is 0.714. The van der Waals surface area contributed by atoms with Crippen LogP contribution in [0.3, 0.4) is 0 Å². The second kappa shape index (κ2) is 4.08. The van der Waals surface area contributed by atoms with E-state index in [0.29, 0.717) is 6.61 Å². The molecule has 1 rings (SSSR count). The first-order valence-corrected chi connectivity index (χ1v) is 3.66. The van der Waals surface area contributed by atoms with Crippen LogP contribution in [0.1, 0.15) is 13.3 Å². The van der Waals surface area contributed by atoms with Crippen molar-refractivity contribution in [3.63, 3.8) is 0 Å². The van der Waals surface area contributed by atoms with Gasteiger partial charge in [0.2, 0.25) is 0 Å². The molecule has 0 aromatic carbocycles. The van der Waals surface area contributed by atoms with Gasteiger partial charge in [-0.3, -0.25) is 4.79 Å². The van der Waals surface area contributed by atoms with Crippen LogP contribution >= 0.6 is 0 Å². The van der Waals surface area contributed by atoms with Gasteiger partial charge in [-0.05, 0) is 6.42 Å². The first kappa shape index (κ1) is 8.20. The molecule has 1 aliphatic rings. The van der Waals surface area contributed by atoms with Crippen molar-refractivity contribution in [2.45, 2.75) is 19.4 Å². The third kappa shape index (κ3) is 3.13. The molecule has 11 heavy (non-hydrogen) atoms. The highest BCUT2D eigenvalue weighted by Gasteiger charge is 2.13. The fourth-order valence-electron chi connectivity index (χ4n) is 0.870. The Hall–Kier alpha value is -0.900. The third-order valence-electron chi connectivity index (χ3n) is 1.43. The molecule has 0 amide bonds. The van der Waals surface area contributed by atoms with Gasteiger partial charge in [0.15, 0.2) is 5.78 Å². The lowest BCUT2D eigenvalue weighted by Crippen LogP contribution is -2.24. The summed E-state index contributed by atoms with van der Waals surface area (Å²) in [6, 6.07) is 0.283. The summed E-state index contributed by atoms with van der Waals surface area (Å²) in [6.07, 6.45) is 2.24. The first-order valence-electron chi connectivity index (χ1n) is 3.66. The Morgan fingerprint density at radius 2 is 2.64 bits per heavy atom. The highest BCUT2D eigenvalue weighted by molar-refractivity contribution is 6.26. The van der Waals surface area contributed by atoms with Crippen molar-refractivity contribution >= 4 is 12.0 Å². The summed E-state index contributed by atoms with van der Waals surface area (Å²) >= 11 is 0. The van der Waals surface area contributed by atoms with Gasteiger partial charge in [-0.25, -0.2) is 0 Å². The van der Waals surface area contributed by atoms with Gasteiger partial charge in [0.1, 0.15) is 0 Å². The average molecular weight is 156 g/mol. The van der Waals surface area contributed by atoms with Crippen molar-refractivity contribution in [3.8, 4) is 0 Å². The number of hydrogen-bond donors (Lipinski definition) is 1. The Labute approximate surface area is 65.6 Å². The Balaban J connectivity index is 2.15. The third-order valence-corrected chi connectivity index (χ3v) is 1.43. The number of ketones is 1. The van der Waals surface area contributed by atoms with E-state index in [1.807, 2.05) is 0 Å². The largest absolute Gasteiger partial charge is 0.379 e. The molecule has 1 N–H and O–H groups in total. The normalized spacial score (nSPS) is 24.3. The molecule has 0 bridgehead atoms. The number of nitrogens with zero attached hydrogens (tertiary/aromatic N) is 1. The van der Waals surface area contributed by atoms with Gasteiger partial charge in [-0.15, -0.1) is 0 Å². The Morgan fingerprint density at radius 1 is 1.82 bits per heavy atom. The van der Waals surface area contributed by atoms with Gasteiger partial charge in [0.25, 0.3) is 0 Å². The molecule has 1 atom stereocenters. The summed E-state index contributed by atoms with van der Waals surface area (Å²) in [7, 11) is 0. The predicted octanol–water partition coefficient (Wildman–Crippen LogP) is -0.0603. The number of Topliss-reactive ketones (excluding diaryl/α,β-unsaturated/α-hetero) is 1. The zero-order chi connectivity index (χ0) is 8.10. The molecule has 4 nitrogen and oxygen atoms in total. The van der Waals surface area contributed by atoms with Gasteiger partial charge in [-0.1, -0.05) is 0 Å². The molecule has 0 aromatic rings. The van der Waals surface area contributed by atoms with Crippen LogP contribution in [0.25, 0.3) is 0 Å². The second-order valence-electron chi connectivity index (χ2n) is 2.56. The monoisotopic (exact) mass is 156 g/mol. The summed E-state index contributed by atoms with van der Waals surface area (Å²) in [5, 5.41) is 3.75. The molecule has 1 unspecified atom stereocenters. The van der Waals surface area contributed by atoms with E-state index in [1.54, 1.807) is 0 Å². The summed E-state index contributed by atoms with van der Waals surface area (Å²) in [5.74, 6) is -0.0450. The average Bonchev–Trinajstić information content (AvgIpc) is 2.39. The van der Waals surface area contributed by atoms with Crippen LogP contribution in [0, 0.1) is 0 Å². The van der Waals surface area contributed by atoms with Crippen molar-refractivity contribution in [3.05, 3.63) is 0 Å². The number of rotatable bonds is 3. The molecule has 1 fully saturated rings. The van der Waals surface area contributed by atoms with Crippen LogP contribution in [-0.4, -0.2) is 31.3 Å². The molecule has 0 spiro atoms. The highest BCUT2D eigenvalue weighted by atomic mass is 16.5. The standard InChI is InChI=1S/C7H12N2O2/c1-6(10)4-8-9-7-2-3-11-5-7/h4,7,9H,2-3,5H2,1H3/b8-4+. The number of hydrazone groups is 1. The second-order valence-corrected chi connectivity index (χ2v) is 2.56. The van der Waals surface area contributed by atoms with E-state index in [2.05, 4.69) is 10.5 Å². The summed E-state index contributed by atoms with van der Waals surface area (Å²) < 4.78 is 5.09. The molecule has 0 radical (unpaired) electrons.